The molecule has 148 valence electrons. The molecule has 7 heteroatoms. The molecule has 1 saturated carbocycles. The molecule has 1 saturated heterocycles. The number of halogens is 2. The summed E-state index contributed by atoms with van der Waals surface area (Å²) in [5, 5.41) is 2.82. The van der Waals surface area contributed by atoms with Gasteiger partial charge in [0.25, 0.3) is 5.91 Å². The van der Waals surface area contributed by atoms with E-state index in [1.807, 2.05) is 0 Å². The van der Waals surface area contributed by atoms with Crippen molar-refractivity contribution in [1.29, 1.82) is 0 Å². The van der Waals surface area contributed by atoms with E-state index >= 15 is 0 Å². The number of nitrogens with zero attached hydrogens (tertiary/aromatic N) is 1. The molecular formula is C20H27F2N3O2. The van der Waals surface area contributed by atoms with E-state index in [2.05, 4.69) is 5.32 Å². The second kappa shape index (κ2) is 7.54. The number of carbonyl (C=O) groups is 2. The van der Waals surface area contributed by atoms with Gasteiger partial charge in [-0.1, -0.05) is 12.8 Å². The summed E-state index contributed by atoms with van der Waals surface area (Å²) in [4.78, 5) is 27.4. The summed E-state index contributed by atoms with van der Waals surface area (Å²) in [6.07, 6.45) is 4.35. The molecule has 0 spiro atoms. The minimum Gasteiger partial charge on any atom is -0.352 e. The molecule has 3 rings (SSSR count). The quantitative estimate of drug-likeness (QED) is 0.844. The predicted molar refractivity (Wildman–Crippen MR) is 98.0 cm³/mol. The van der Waals surface area contributed by atoms with Gasteiger partial charge in [0.2, 0.25) is 5.91 Å². The first-order valence-electron chi connectivity index (χ1n) is 9.52. The zero-order valence-corrected chi connectivity index (χ0v) is 15.8. The zero-order chi connectivity index (χ0) is 19.8. The Morgan fingerprint density at radius 2 is 1.96 bits per heavy atom. The fourth-order valence-corrected chi connectivity index (χ4v) is 4.22. The summed E-state index contributed by atoms with van der Waals surface area (Å²) < 4.78 is 27.4. The van der Waals surface area contributed by atoms with Crippen molar-refractivity contribution in [3.8, 4) is 0 Å². The molecular weight excluding hydrogens is 352 g/mol. The number of benzene rings is 1. The van der Waals surface area contributed by atoms with Crippen LogP contribution in [0.5, 0.6) is 0 Å². The summed E-state index contributed by atoms with van der Waals surface area (Å²) in [5.41, 5.74) is 5.17. The highest BCUT2D eigenvalue weighted by atomic mass is 19.1. The molecule has 1 aliphatic heterocycles. The molecule has 3 N–H and O–H groups in total. The molecule has 0 bridgehead atoms. The number of likely N-dealkylation sites (tertiary alicyclic amines) is 1. The largest absolute Gasteiger partial charge is 0.352 e. The molecule has 1 aromatic carbocycles. The van der Waals surface area contributed by atoms with Crippen LogP contribution in [0.1, 0.15) is 56.3 Å². The Morgan fingerprint density at radius 3 is 2.63 bits per heavy atom. The van der Waals surface area contributed by atoms with Crippen molar-refractivity contribution in [2.75, 3.05) is 6.54 Å². The minimum atomic E-state index is -0.901. The van der Waals surface area contributed by atoms with Crippen LogP contribution < -0.4 is 11.1 Å². The summed E-state index contributed by atoms with van der Waals surface area (Å²) >= 11 is 0. The predicted octanol–water partition coefficient (Wildman–Crippen LogP) is 2.59. The molecule has 3 unspecified atom stereocenters. The fourth-order valence-electron chi connectivity index (χ4n) is 4.22. The lowest BCUT2D eigenvalue weighted by molar-refractivity contribution is -0.125. The first kappa shape index (κ1) is 19.7. The van der Waals surface area contributed by atoms with Crippen molar-refractivity contribution in [2.24, 2.45) is 11.7 Å². The van der Waals surface area contributed by atoms with Crippen molar-refractivity contribution >= 4 is 11.8 Å². The van der Waals surface area contributed by atoms with Gasteiger partial charge in [-0.25, -0.2) is 8.78 Å². The van der Waals surface area contributed by atoms with Crippen LogP contribution in [0.25, 0.3) is 0 Å². The number of fused-ring (bicyclic) bond motifs is 1. The maximum atomic E-state index is 14.2. The first-order valence-corrected chi connectivity index (χ1v) is 9.52. The van der Waals surface area contributed by atoms with Gasteiger partial charge < -0.3 is 16.0 Å². The van der Waals surface area contributed by atoms with Crippen LogP contribution in [0.4, 0.5) is 8.78 Å². The molecule has 0 radical (unpaired) electrons. The average molecular weight is 379 g/mol. The van der Waals surface area contributed by atoms with E-state index in [0.717, 1.165) is 37.8 Å². The van der Waals surface area contributed by atoms with Crippen LogP contribution in [0.3, 0.4) is 0 Å². The van der Waals surface area contributed by atoms with Gasteiger partial charge in [-0.2, -0.15) is 0 Å². The number of carbonyl (C=O) groups excluding carboxylic acids is 2. The maximum absolute atomic E-state index is 14.2. The van der Waals surface area contributed by atoms with E-state index in [-0.39, 0.29) is 30.0 Å². The molecule has 1 aromatic rings. The number of amides is 2. The smallest absolute Gasteiger partial charge is 0.257 e. The lowest BCUT2D eigenvalue weighted by Crippen LogP contribution is -2.53. The van der Waals surface area contributed by atoms with E-state index in [1.54, 1.807) is 13.8 Å². The second-order valence-corrected chi connectivity index (χ2v) is 8.41. The molecule has 5 nitrogen and oxygen atoms in total. The van der Waals surface area contributed by atoms with Crippen molar-refractivity contribution < 1.29 is 18.4 Å². The fraction of sp³-hybridized carbons (Fsp3) is 0.600. The normalized spacial score (nSPS) is 25.2. The van der Waals surface area contributed by atoms with E-state index in [0.29, 0.717) is 12.5 Å². The van der Waals surface area contributed by atoms with Crippen LogP contribution in [-0.2, 0) is 4.79 Å². The topological polar surface area (TPSA) is 75.4 Å². The second-order valence-electron chi connectivity index (χ2n) is 8.41. The number of nitrogens with one attached hydrogen (secondary N) is 1. The summed E-state index contributed by atoms with van der Waals surface area (Å²) in [7, 11) is 0. The van der Waals surface area contributed by atoms with Crippen molar-refractivity contribution in [2.45, 2.75) is 63.6 Å². The van der Waals surface area contributed by atoms with E-state index in [4.69, 9.17) is 5.73 Å². The maximum Gasteiger partial charge on any atom is 0.257 e. The third-order valence-corrected chi connectivity index (χ3v) is 5.50. The minimum absolute atomic E-state index is 0.0858. The van der Waals surface area contributed by atoms with Gasteiger partial charge in [0, 0.05) is 24.2 Å². The van der Waals surface area contributed by atoms with Crippen molar-refractivity contribution in [3.63, 3.8) is 0 Å². The monoisotopic (exact) mass is 379 g/mol. The van der Waals surface area contributed by atoms with Crippen LogP contribution in [0.15, 0.2) is 18.2 Å². The van der Waals surface area contributed by atoms with Gasteiger partial charge in [0.05, 0.1) is 5.56 Å². The van der Waals surface area contributed by atoms with E-state index < -0.39 is 29.1 Å². The zero-order valence-electron chi connectivity index (χ0n) is 15.8. The molecule has 2 fully saturated rings. The molecule has 1 heterocycles. The molecule has 3 atom stereocenters. The molecule has 1 aliphatic carbocycles. The Morgan fingerprint density at radius 1 is 1.26 bits per heavy atom. The molecule has 0 aromatic heterocycles. The van der Waals surface area contributed by atoms with Crippen LogP contribution in [0.2, 0.25) is 0 Å². The van der Waals surface area contributed by atoms with Gasteiger partial charge in [-0.15, -0.1) is 0 Å². The van der Waals surface area contributed by atoms with Crippen molar-refractivity contribution in [3.05, 3.63) is 35.4 Å². The first-order chi connectivity index (χ1) is 12.7. The van der Waals surface area contributed by atoms with Gasteiger partial charge in [-0.3, -0.25) is 9.59 Å². The van der Waals surface area contributed by atoms with Crippen LogP contribution in [-0.4, -0.2) is 40.9 Å². The Labute approximate surface area is 158 Å². The van der Waals surface area contributed by atoms with Gasteiger partial charge in [0.15, 0.2) is 0 Å². The Hall–Kier alpha value is -2.02. The number of rotatable bonds is 4. The SMILES string of the molecule is CC(C)(N)CNC(=O)C1CC2CCCCC2N1C(=O)c1ccc(F)cc1F. The van der Waals surface area contributed by atoms with Gasteiger partial charge >= 0.3 is 0 Å². The summed E-state index contributed by atoms with van der Waals surface area (Å²) in [6, 6.07) is 2.18. The highest BCUT2D eigenvalue weighted by molar-refractivity contribution is 5.98. The number of hydrogen-bond donors (Lipinski definition) is 2. The molecule has 27 heavy (non-hydrogen) atoms. The van der Waals surface area contributed by atoms with Crippen LogP contribution in [0, 0.1) is 17.6 Å². The van der Waals surface area contributed by atoms with Crippen molar-refractivity contribution in [1.82, 2.24) is 10.2 Å². The summed E-state index contributed by atoms with van der Waals surface area (Å²) in [6.45, 7) is 3.89. The summed E-state index contributed by atoms with van der Waals surface area (Å²) in [5.74, 6) is -2.22. The highest BCUT2D eigenvalue weighted by Crippen LogP contribution is 2.40. The van der Waals surface area contributed by atoms with E-state index in [1.165, 1.54) is 4.90 Å². The Bertz CT molecular complexity index is 732. The average Bonchev–Trinajstić information content (AvgIpc) is 2.98. The van der Waals surface area contributed by atoms with Gasteiger partial charge in [0.1, 0.15) is 17.7 Å². The third kappa shape index (κ3) is 4.29. The Kier molecular flexibility index (Phi) is 5.51. The number of nitrogens with two attached hydrogens (primary N) is 1. The number of hydrogen-bond acceptors (Lipinski definition) is 3. The standard InChI is InChI=1S/C20H27F2N3O2/c1-20(2,23)11-24-18(26)17-9-12-5-3-4-6-16(12)25(17)19(27)14-8-7-13(21)10-15(14)22/h7-8,10,12,16-17H,3-6,9,11,23H2,1-2H3,(H,24,26). The Balaban J connectivity index is 1.87. The lowest BCUT2D eigenvalue weighted by Gasteiger charge is -2.34. The van der Waals surface area contributed by atoms with E-state index in [9.17, 15) is 18.4 Å². The molecule has 2 aliphatic rings. The van der Waals surface area contributed by atoms with Crippen LogP contribution >= 0.6 is 0 Å². The highest BCUT2D eigenvalue weighted by Gasteiger charge is 2.48. The van der Waals surface area contributed by atoms with Gasteiger partial charge in [-0.05, 0) is 51.2 Å². The third-order valence-electron chi connectivity index (χ3n) is 5.50. The molecule has 2 amide bonds. The lowest BCUT2D eigenvalue weighted by atomic mass is 9.84.